The van der Waals surface area contributed by atoms with Gasteiger partial charge in [-0.15, -0.1) is 0 Å². The van der Waals surface area contributed by atoms with Gasteiger partial charge in [0.05, 0.1) is 74.5 Å². The third-order valence-corrected chi connectivity index (χ3v) is 11.4. The fraction of sp³-hybridized carbons (Fsp3) is 0.278. The van der Waals surface area contributed by atoms with Gasteiger partial charge in [-0.1, -0.05) is 72.8 Å². The van der Waals surface area contributed by atoms with Crippen LogP contribution in [0.3, 0.4) is 0 Å². The maximum absolute atomic E-state index is 8.68. The van der Waals surface area contributed by atoms with Crippen LogP contribution in [0.4, 0.5) is 0 Å². The van der Waals surface area contributed by atoms with Crippen molar-refractivity contribution < 1.29 is 71.1 Å². The molecular weight excluding hydrogens is 900 g/mol. The first-order valence-electron chi connectivity index (χ1n) is 14.5. The number of benzene rings is 4. The van der Waals surface area contributed by atoms with Crippen LogP contribution in [0.25, 0.3) is 0 Å². The van der Waals surface area contributed by atoms with E-state index < -0.39 is 13.0 Å². The summed E-state index contributed by atoms with van der Waals surface area (Å²) in [5.74, 6) is 0. The molecule has 0 unspecified atom stereocenters. The molecule has 47 heavy (non-hydrogen) atoms. The summed E-state index contributed by atoms with van der Waals surface area (Å²) in [6.07, 6.45) is 3.00. The molecule has 11 heteroatoms. The maximum Gasteiger partial charge on any atom is 0 e. The second kappa shape index (κ2) is 38.9. The van der Waals surface area contributed by atoms with Crippen molar-refractivity contribution in [1.82, 2.24) is 0 Å². The Labute approximate surface area is 322 Å². The predicted molar refractivity (Wildman–Crippen MR) is 212 cm³/mol. The van der Waals surface area contributed by atoms with Gasteiger partial charge in [-0.05, 0) is 48.5 Å². The molecule has 0 saturated carbocycles. The summed E-state index contributed by atoms with van der Waals surface area (Å²) in [7, 11) is 12.3. The van der Waals surface area contributed by atoms with E-state index in [-0.39, 0.29) is 51.2 Å². The average Bonchev–Trinajstić information content (AvgIpc) is 3.04. The zero-order valence-corrected chi connectivity index (χ0v) is 39.0. The summed E-state index contributed by atoms with van der Waals surface area (Å²) >= 11 is -1.33. The normalized spacial score (nSPS) is 9.26. The molecule has 2 nitrogen and oxygen atoms in total. The third-order valence-electron chi connectivity index (χ3n) is 5.40. The van der Waals surface area contributed by atoms with Crippen LogP contribution in [0.5, 0.6) is 0 Å². The number of halogens is 3. The van der Waals surface area contributed by atoms with Crippen LogP contribution >= 0.6 is 31.7 Å². The topological polar surface area (TPSA) is 34.1 Å². The fourth-order valence-electron chi connectivity index (χ4n) is 3.09. The van der Waals surface area contributed by atoms with Crippen molar-refractivity contribution in [2.75, 3.05) is 53.3 Å². The van der Waals surface area contributed by atoms with E-state index >= 15 is 0 Å². The standard InChI is InChI=1S/4C8H11P.2C2H3O.3ClH.2Rh/c4*1-9(2)8-6-4-3-5-7-8;2*1-2-3;;;;;/h4*3-7H,1-2H3;2*1H3;3*1H;;/q;;;;2*-1;;;;;+3/p+4. The summed E-state index contributed by atoms with van der Waals surface area (Å²) in [6, 6.07) is 42.7. The number of carbonyl (C=O) groups excluding carboxylic acids is 2. The zero-order chi connectivity index (χ0) is 35.8. The van der Waals surface area contributed by atoms with Gasteiger partial charge in [0.1, 0.15) is 0 Å². The first-order valence-corrected chi connectivity index (χ1v) is 31.3. The Balaban J connectivity index is -0.000000238. The van der Waals surface area contributed by atoms with Crippen molar-refractivity contribution in [3.8, 4) is 0 Å². The molecule has 267 valence electrons. The largest absolute Gasteiger partial charge is 0 e. The van der Waals surface area contributed by atoms with E-state index in [1.165, 1.54) is 47.6 Å². The molecule has 0 N–H and O–H groups in total. The predicted octanol–water partition coefficient (Wildman–Crippen LogP) is 6.57. The van der Waals surface area contributed by atoms with Gasteiger partial charge in [-0.25, -0.2) is 0 Å². The van der Waals surface area contributed by atoms with Crippen molar-refractivity contribution in [2.45, 2.75) is 13.8 Å². The Morgan fingerprint density at radius 2 is 0.511 bits per heavy atom. The van der Waals surface area contributed by atoms with Gasteiger partial charge in [0.2, 0.25) is 0 Å². The van der Waals surface area contributed by atoms with Crippen LogP contribution in [-0.2, 0) is 42.0 Å². The van der Waals surface area contributed by atoms with Crippen molar-refractivity contribution >= 4 is 65.5 Å². The number of rotatable bonds is 4. The second-order valence-electron chi connectivity index (χ2n) is 10.0. The molecule has 0 heterocycles. The summed E-state index contributed by atoms with van der Waals surface area (Å²) in [5.41, 5.74) is 0. The van der Waals surface area contributed by atoms with Crippen molar-refractivity contribution in [2.24, 2.45) is 0 Å². The molecule has 4 rings (SSSR count). The quantitative estimate of drug-likeness (QED) is 0.132. The summed E-state index contributed by atoms with van der Waals surface area (Å²) in [6.45, 7) is 21.1. The van der Waals surface area contributed by atoms with Gasteiger partial charge in [0.25, 0.3) is 0 Å². The third kappa shape index (κ3) is 38.7. The van der Waals surface area contributed by atoms with Crippen molar-refractivity contribution in [1.29, 1.82) is 0 Å². The second-order valence-corrected chi connectivity index (χ2v) is 29.1. The van der Waals surface area contributed by atoms with Gasteiger partial charge in [0.15, 0.2) is 0 Å². The van der Waals surface area contributed by atoms with Crippen LogP contribution in [0.15, 0.2) is 121 Å². The minimum atomic E-state index is -1.33. The summed E-state index contributed by atoms with van der Waals surface area (Å²) in [5, 5.41) is 6.06. The molecule has 0 atom stereocenters. The molecule has 0 aliphatic heterocycles. The molecule has 0 amide bonds. The molecule has 0 spiro atoms. The Morgan fingerprint density at radius 3 is 0.574 bits per heavy atom. The number of hydrogen-bond acceptors (Lipinski definition) is 2. The molecule has 1 radical (unpaired) electrons. The molecule has 0 bridgehead atoms. The molecule has 0 fully saturated rings. The van der Waals surface area contributed by atoms with E-state index in [4.69, 9.17) is 9.59 Å². The van der Waals surface area contributed by atoms with Crippen LogP contribution in [-0.4, -0.2) is 65.9 Å². The minimum Gasteiger partial charge on any atom is 0 e. The van der Waals surface area contributed by atoms with Crippen LogP contribution < -0.4 is 21.2 Å². The van der Waals surface area contributed by atoms with E-state index in [0.717, 1.165) is 0 Å². The van der Waals surface area contributed by atoms with Crippen LogP contribution in [0, 0.1) is 29.1 Å². The molecule has 4 aromatic carbocycles. The molecule has 0 aromatic heterocycles. The van der Waals surface area contributed by atoms with Crippen LogP contribution in [0.1, 0.15) is 13.8 Å². The smallest absolute Gasteiger partial charge is 0 e. The van der Waals surface area contributed by atoms with Gasteiger partial charge in [-0.3, -0.25) is 12.6 Å². The minimum absolute atomic E-state index is 0. The van der Waals surface area contributed by atoms with E-state index in [1.54, 1.807) is 0 Å². The van der Waals surface area contributed by atoms with Gasteiger partial charge in [0, 0.05) is 51.2 Å². The monoisotopic (exact) mass is 956 g/mol. The first kappa shape index (κ1) is 53.8. The first-order chi connectivity index (χ1) is 21.8. The Morgan fingerprint density at radius 1 is 0.404 bits per heavy atom. The fourth-order valence-corrected chi connectivity index (χ4v) is 6.52. The Bertz CT molecular complexity index is 1010. The molecule has 0 aliphatic rings. The van der Waals surface area contributed by atoms with Crippen LogP contribution in [0.2, 0.25) is 0 Å². The van der Waals surface area contributed by atoms with Gasteiger partial charge in [-0.2, -0.15) is 13.8 Å². The molecular formula is C36H57Cl3O2P4Rh2+5. The van der Waals surface area contributed by atoms with E-state index in [2.05, 4.69) is 204 Å². The van der Waals surface area contributed by atoms with E-state index in [9.17, 15) is 0 Å². The maximum atomic E-state index is 8.68. The number of hydrogen-bond donors (Lipinski definition) is 0. The Kier molecular flexibility index (Phi) is 44.5. The molecule has 0 saturated heterocycles. The van der Waals surface area contributed by atoms with E-state index in [0.29, 0.717) is 0 Å². The molecule has 0 aliphatic carbocycles. The van der Waals surface area contributed by atoms with Gasteiger partial charge >= 0.3 is 42.1 Å². The van der Waals surface area contributed by atoms with Gasteiger partial charge < -0.3 is 9.59 Å². The molecule has 4 aromatic rings. The van der Waals surface area contributed by atoms with Crippen molar-refractivity contribution in [3.05, 3.63) is 121 Å². The summed E-state index contributed by atoms with van der Waals surface area (Å²) in [4.78, 5) is 17.4. The SMILES string of the molecule is C[C-]=O.C[C-]=O.C[PH+](C)c1ccccc1.C[PH+](C)c1ccccc1.C[PH+](C)c1ccccc1.C[PH+](C)c1ccccc1.[ClH+][Rh]([ClH+])[ClH+].[Rh]. The van der Waals surface area contributed by atoms with Crippen molar-refractivity contribution in [3.63, 3.8) is 0 Å². The average molecular weight is 958 g/mol. The zero-order valence-electron chi connectivity index (χ0n) is 29.3. The van der Waals surface area contributed by atoms with E-state index in [1.807, 2.05) is 0 Å². The Hall–Kier alpha value is 0.0568. The summed E-state index contributed by atoms with van der Waals surface area (Å²) < 4.78 is 0.